The highest BCUT2D eigenvalue weighted by molar-refractivity contribution is 6.44. The number of Topliss-reactive ketones (excluding diaryl/α,β-unsaturated/α-hetero) is 1. The molecule has 1 saturated heterocycles. The Bertz CT molecular complexity index is 756. The Kier molecular flexibility index (Phi) is 4.45. The van der Waals surface area contributed by atoms with Gasteiger partial charge in [0.15, 0.2) is 0 Å². The molecule has 5 nitrogen and oxygen atoms in total. The fourth-order valence-electron chi connectivity index (χ4n) is 3.66. The molecule has 1 fully saturated rings. The number of hydrogen-bond acceptors (Lipinski definition) is 4. The molecule has 0 saturated carbocycles. The van der Waals surface area contributed by atoms with Crippen LogP contribution in [-0.2, 0) is 4.79 Å². The van der Waals surface area contributed by atoms with Crippen molar-refractivity contribution in [3.63, 3.8) is 0 Å². The van der Waals surface area contributed by atoms with Gasteiger partial charge in [0.05, 0.1) is 16.8 Å². The minimum Gasteiger partial charge on any atom is -0.376 e. The van der Waals surface area contributed by atoms with Crippen molar-refractivity contribution in [3.8, 4) is 0 Å². The van der Waals surface area contributed by atoms with Crippen LogP contribution in [0.2, 0.25) is 0 Å². The number of nitrogens with one attached hydrogen (secondary N) is 1. The lowest BCUT2D eigenvalue weighted by molar-refractivity contribution is -0.127. The highest BCUT2D eigenvalue weighted by Crippen LogP contribution is 2.37. The molecular weight excluding hydrogens is 314 g/mol. The Morgan fingerprint density at radius 1 is 1.08 bits per heavy atom. The zero-order valence-corrected chi connectivity index (χ0v) is 15.8. The summed E-state index contributed by atoms with van der Waals surface area (Å²) in [4.78, 5) is 29.6. The first-order chi connectivity index (χ1) is 11.7. The van der Waals surface area contributed by atoms with Crippen LogP contribution < -0.4 is 5.32 Å². The first kappa shape index (κ1) is 17.7. The van der Waals surface area contributed by atoms with Crippen LogP contribution in [0.15, 0.2) is 18.2 Å². The number of anilines is 1. The molecule has 1 amide bonds. The molecule has 25 heavy (non-hydrogen) atoms. The number of rotatable bonds is 2. The number of likely N-dealkylation sites (N-methyl/N-ethyl adjacent to an activating group) is 1. The average molecular weight is 341 g/mol. The molecule has 5 heteroatoms. The Balaban J connectivity index is 1.96. The molecule has 2 heterocycles. The third-order valence-electron chi connectivity index (χ3n) is 4.96. The van der Waals surface area contributed by atoms with Crippen molar-refractivity contribution in [2.45, 2.75) is 33.2 Å². The van der Waals surface area contributed by atoms with Gasteiger partial charge in [-0.25, -0.2) is 0 Å². The highest BCUT2D eigenvalue weighted by Gasteiger charge is 2.31. The molecule has 1 aromatic rings. The van der Waals surface area contributed by atoms with Gasteiger partial charge in [0, 0.05) is 31.7 Å². The maximum Gasteiger partial charge on any atom is 0.295 e. The molecule has 0 radical (unpaired) electrons. The van der Waals surface area contributed by atoms with Crippen molar-refractivity contribution in [2.75, 3.05) is 38.5 Å². The van der Waals surface area contributed by atoms with E-state index in [0.717, 1.165) is 35.5 Å². The van der Waals surface area contributed by atoms with Crippen molar-refractivity contribution in [1.82, 2.24) is 9.80 Å². The predicted octanol–water partition coefficient (Wildman–Crippen LogP) is 2.56. The van der Waals surface area contributed by atoms with Gasteiger partial charge >= 0.3 is 0 Å². The number of amides is 1. The number of benzene rings is 1. The Morgan fingerprint density at radius 3 is 2.36 bits per heavy atom. The largest absolute Gasteiger partial charge is 0.376 e. The van der Waals surface area contributed by atoms with E-state index in [9.17, 15) is 9.59 Å². The van der Waals surface area contributed by atoms with Gasteiger partial charge in [-0.1, -0.05) is 6.08 Å². The highest BCUT2D eigenvalue weighted by atomic mass is 16.2. The summed E-state index contributed by atoms with van der Waals surface area (Å²) in [7, 11) is 2.03. The Labute approximate surface area is 149 Å². The molecule has 1 aromatic carbocycles. The molecule has 0 aromatic heterocycles. The van der Waals surface area contributed by atoms with E-state index in [-0.39, 0.29) is 5.54 Å². The molecule has 0 bridgehead atoms. The molecule has 2 aliphatic heterocycles. The summed E-state index contributed by atoms with van der Waals surface area (Å²) in [6, 6.07) is 3.90. The molecule has 0 spiro atoms. The summed E-state index contributed by atoms with van der Waals surface area (Å²) in [5, 5.41) is 3.43. The molecule has 3 rings (SSSR count). The van der Waals surface area contributed by atoms with Gasteiger partial charge in [0.25, 0.3) is 11.7 Å². The number of piperazine rings is 1. The maximum absolute atomic E-state index is 13.0. The smallest absolute Gasteiger partial charge is 0.295 e. The number of hydrogen-bond donors (Lipinski definition) is 1. The van der Waals surface area contributed by atoms with Crippen molar-refractivity contribution in [2.24, 2.45) is 0 Å². The summed E-state index contributed by atoms with van der Waals surface area (Å²) >= 11 is 0. The second kappa shape index (κ2) is 6.30. The van der Waals surface area contributed by atoms with Crippen LogP contribution in [0.1, 0.15) is 42.3 Å². The van der Waals surface area contributed by atoms with Gasteiger partial charge in [0.2, 0.25) is 0 Å². The summed E-state index contributed by atoms with van der Waals surface area (Å²) < 4.78 is 0. The monoisotopic (exact) mass is 341 g/mol. The van der Waals surface area contributed by atoms with E-state index < -0.39 is 11.7 Å². The van der Waals surface area contributed by atoms with E-state index in [0.29, 0.717) is 18.7 Å². The molecular formula is C20H27N3O2. The molecule has 0 atom stereocenters. The SMILES string of the molecule is CC1=CC(C)(C)Nc2c(C(=O)C(=O)N3CCN(C)CC3)cc(C)cc21. The lowest BCUT2D eigenvalue weighted by Crippen LogP contribution is -2.49. The van der Waals surface area contributed by atoms with Crippen LogP contribution in [0, 0.1) is 6.92 Å². The first-order valence-corrected chi connectivity index (χ1v) is 8.83. The van der Waals surface area contributed by atoms with E-state index in [1.807, 2.05) is 20.0 Å². The fourth-order valence-corrected chi connectivity index (χ4v) is 3.66. The minimum atomic E-state index is -0.414. The zero-order chi connectivity index (χ0) is 18.4. The maximum atomic E-state index is 13.0. The number of nitrogens with zero attached hydrogens (tertiary/aromatic N) is 2. The number of aryl methyl sites for hydroxylation is 1. The summed E-state index contributed by atoms with van der Waals surface area (Å²) in [5.74, 6) is -0.810. The number of carbonyl (C=O) groups is 2. The first-order valence-electron chi connectivity index (χ1n) is 8.83. The summed E-state index contributed by atoms with van der Waals surface area (Å²) in [5.41, 5.74) is 4.14. The average Bonchev–Trinajstić information content (AvgIpc) is 2.54. The second-order valence-electron chi connectivity index (χ2n) is 7.83. The van der Waals surface area contributed by atoms with Gasteiger partial charge in [-0.3, -0.25) is 9.59 Å². The summed E-state index contributed by atoms with van der Waals surface area (Å²) in [6.45, 7) is 11.0. The van der Waals surface area contributed by atoms with Gasteiger partial charge in [-0.15, -0.1) is 0 Å². The van der Waals surface area contributed by atoms with E-state index >= 15 is 0 Å². The van der Waals surface area contributed by atoms with E-state index in [1.54, 1.807) is 4.90 Å². The predicted molar refractivity (Wildman–Crippen MR) is 101 cm³/mol. The van der Waals surface area contributed by atoms with Gasteiger partial charge in [0.1, 0.15) is 0 Å². The van der Waals surface area contributed by atoms with Crippen molar-refractivity contribution in [3.05, 3.63) is 34.9 Å². The van der Waals surface area contributed by atoms with Crippen molar-refractivity contribution < 1.29 is 9.59 Å². The van der Waals surface area contributed by atoms with Crippen LogP contribution in [0.5, 0.6) is 0 Å². The number of ketones is 1. The van der Waals surface area contributed by atoms with Gasteiger partial charge < -0.3 is 15.1 Å². The van der Waals surface area contributed by atoms with Crippen LogP contribution >= 0.6 is 0 Å². The minimum absolute atomic E-state index is 0.252. The molecule has 0 unspecified atom stereocenters. The van der Waals surface area contributed by atoms with Crippen LogP contribution in [0.25, 0.3) is 5.57 Å². The second-order valence-corrected chi connectivity index (χ2v) is 7.83. The van der Waals surface area contributed by atoms with E-state index in [4.69, 9.17) is 0 Å². The lowest BCUT2D eigenvalue weighted by atomic mass is 9.87. The molecule has 2 aliphatic rings. The Hall–Kier alpha value is -2.14. The van der Waals surface area contributed by atoms with Crippen molar-refractivity contribution in [1.29, 1.82) is 0 Å². The van der Waals surface area contributed by atoms with E-state index in [2.05, 4.69) is 43.1 Å². The number of allylic oxidation sites excluding steroid dienone is 1. The molecule has 1 N–H and O–H groups in total. The quantitative estimate of drug-likeness (QED) is 0.663. The normalized spacial score (nSPS) is 19.7. The number of carbonyl (C=O) groups excluding carboxylic acids is 2. The van der Waals surface area contributed by atoms with Crippen LogP contribution in [0.4, 0.5) is 5.69 Å². The van der Waals surface area contributed by atoms with Gasteiger partial charge in [-0.2, -0.15) is 0 Å². The summed E-state index contributed by atoms with van der Waals surface area (Å²) in [6.07, 6.45) is 2.16. The van der Waals surface area contributed by atoms with E-state index in [1.165, 1.54) is 0 Å². The third kappa shape index (κ3) is 3.47. The molecule has 134 valence electrons. The fraction of sp³-hybridized carbons (Fsp3) is 0.500. The standard InChI is InChI=1S/C20H27N3O2/c1-13-10-15-14(2)12-20(3,4)21-17(15)16(11-13)18(24)19(25)23-8-6-22(5)7-9-23/h10-12,21H,6-9H2,1-5H3. The van der Waals surface area contributed by atoms with Crippen LogP contribution in [0.3, 0.4) is 0 Å². The molecule has 0 aliphatic carbocycles. The Morgan fingerprint density at radius 2 is 1.72 bits per heavy atom. The van der Waals surface area contributed by atoms with Crippen LogP contribution in [-0.4, -0.2) is 60.3 Å². The van der Waals surface area contributed by atoms with Crippen molar-refractivity contribution >= 4 is 23.0 Å². The third-order valence-corrected chi connectivity index (χ3v) is 4.96. The zero-order valence-electron chi connectivity index (χ0n) is 15.8. The van der Waals surface area contributed by atoms with Gasteiger partial charge in [-0.05, 0) is 58.0 Å². The topological polar surface area (TPSA) is 52.7 Å². The number of fused-ring (bicyclic) bond motifs is 1. The lowest BCUT2D eigenvalue weighted by Gasteiger charge is -2.34.